The summed E-state index contributed by atoms with van der Waals surface area (Å²) in [7, 11) is 0. The number of hydrogen-bond acceptors (Lipinski definition) is 12. The van der Waals surface area contributed by atoms with E-state index in [4.69, 9.17) is 19.9 Å². The Bertz CT molecular complexity index is 1840. The van der Waals surface area contributed by atoms with Gasteiger partial charge in [0.05, 0.1) is 35.5 Å². The van der Waals surface area contributed by atoms with Gasteiger partial charge in [0.1, 0.15) is 22.6 Å². The summed E-state index contributed by atoms with van der Waals surface area (Å²) in [5, 5.41) is 13.7. The molecule has 0 spiro atoms. The predicted octanol–water partition coefficient (Wildman–Crippen LogP) is 1.91. The fourth-order valence-corrected chi connectivity index (χ4v) is 7.46. The van der Waals surface area contributed by atoms with Crippen molar-refractivity contribution < 1.29 is 19.7 Å². The van der Waals surface area contributed by atoms with Crippen molar-refractivity contribution >= 4 is 56.5 Å². The highest BCUT2D eigenvalue weighted by molar-refractivity contribution is 7.18. The van der Waals surface area contributed by atoms with Crippen LogP contribution in [0.5, 0.6) is 0 Å². The van der Waals surface area contributed by atoms with E-state index in [1.165, 1.54) is 29.2 Å². The van der Waals surface area contributed by atoms with Crippen molar-refractivity contribution in [2.45, 2.75) is 44.2 Å². The summed E-state index contributed by atoms with van der Waals surface area (Å²) < 4.78 is 18.6. The maximum absolute atomic E-state index is 12.9. The second-order valence-electron chi connectivity index (χ2n) is 10.7. The topological polar surface area (TPSA) is 181 Å². The van der Waals surface area contributed by atoms with Crippen LogP contribution in [-0.4, -0.2) is 68.2 Å². The predicted molar refractivity (Wildman–Crippen MR) is 159 cm³/mol. The van der Waals surface area contributed by atoms with Crippen LogP contribution in [0.4, 0.5) is 11.8 Å². The van der Waals surface area contributed by atoms with Crippen molar-refractivity contribution in [2.75, 3.05) is 36.5 Å². The first-order valence-corrected chi connectivity index (χ1v) is 15.6. The molecule has 2 aliphatic rings. The highest BCUT2D eigenvalue weighted by Crippen LogP contribution is 2.37. The van der Waals surface area contributed by atoms with Gasteiger partial charge < -0.3 is 30.8 Å². The smallest absolute Gasteiger partial charge is 0.254 e. The van der Waals surface area contributed by atoms with E-state index in [1.54, 1.807) is 10.5 Å². The Labute approximate surface area is 247 Å². The van der Waals surface area contributed by atoms with Gasteiger partial charge in [0.2, 0.25) is 11.4 Å². The molecule has 0 bridgehead atoms. The maximum Gasteiger partial charge on any atom is 0.254 e. The summed E-state index contributed by atoms with van der Waals surface area (Å²) in [6.45, 7) is 2.51. The number of morpholine rings is 1. The van der Waals surface area contributed by atoms with Crippen LogP contribution in [0, 0.1) is 0 Å². The average molecular weight is 609 g/mol. The lowest BCUT2D eigenvalue weighted by Crippen LogP contribution is -2.68. The van der Waals surface area contributed by atoms with E-state index in [2.05, 4.69) is 25.6 Å². The molecular weight excluding hydrogens is 578 g/mol. The Morgan fingerprint density at radius 2 is 2.05 bits per heavy atom. The van der Waals surface area contributed by atoms with Gasteiger partial charge >= 0.3 is 0 Å². The molecule has 6 N–H and O–H groups in total. The van der Waals surface area contributed by atoms with Crippen LogP contribution in [0.15, 0.2) is 33.1 Å². The number of carbonyl (C=O) groups is 1. The standard InChI is InChI=1S/C27H29N9O4S2/c28-16-3-1-2-4-17(16)31-27-32-18(22(25(29)38)26-33-30-13-36(26)27)9-14-10-20(42-34-14)15-12-41-24-19(37)11-21(40-23(15)24)35-5-7-39-8-6-35/h10-13,16-17H,1-9,28H2,(H2,29,38)(H,31,32)/p+1/t16-,17+/m1/s1. The molecule has 1 aliphatic heterocycles. The third kappa shape index (κ3) is 4.91. The minimum atomic E-state index is -0.633. The number of fused-ring (bicyclic) bond motifs is 2. The molecule has 0 unspecified atom stereocenters. The fourth-order valence-electron chi connectivity index (χ4n) is 5.71. The first-order valence-electron chi connectivity index (χ1n) is 13.9. The Hall–Kier alpha value is -3.92. The number of rotatable bonds is 7. The van der Waals surface area contributed by atoms with Gasteiger partial charge in [-0.1, -0.05) is 6.42 Å². The van der Waals surface area contributed by atoms with Crippen LogP contribution in [-0.2, 0) is 11.2 Å². The lowest BCUT2D eigenvalue weighted by Gasteiger charge is -2.27. The summed E-state index contributed by atoms with van der Waals surface area (Å²) in [4.78, 5) is 33.3. The number of nitrogens with one attached hydrogen (secondary N) is 1. The van der Waals surface area contributed by atoms with Crippen LogP contribution >= 0.6 is 22.9 Å². The number of nitrogens with two attached hydrogens (primary N) is 1. The zero-order valence-electron chi connectivity index (χ0n) is 22.7. The molecule has 1 saturated carbocycles. The molecule has 0 aromatic carbocycles. The maximum atomic E-state index is 12.9. The minimum absolute atomic E-state index is 0.0712. The van der Waals surface area contributed by atoms with E-state index in [0.717, 1.165) is 36.1 Å². The first-order chi connectivity index (χ1) is 20.5. The third-order valence-electron chi connectivity index (χ3n) is 7.93. The van der Waals surface area contributed by atoms with Crippen LogP contribution in [0.25, 0.3) is 26.4 Å². The molecule has 1 saturated heterocycles. The summed E-state index contributed by atoms with van der Waals surface area (Å²) in [6.07, 6.45) is 6.10. The van der Waals surface area contributed by atoms with Gasteiger partial charge in [-0.25, -0.2) is 4.98 Å². The van der Waals surface area contributed by atoms with Gasteiger partial charge in [0.25, 0.3) is 5.91 Å². The number of carbonyl (C=O) groups excluding carboxylic acids is 1. The van der Waals surface area contributed by atoms with E-state index < -0.39 is 5.91 Å². The van der Waals surface area contributed by atoms with E-state index in [0.29, 0.717) is 65.5 Å². The lowest BCUT2D eigenvalue weighted by molar-refractivity contribution is -0.427. The summed E-state index contributed by atoms with van der Waals surface area (Å²) >= 11 is 2.66. The largest absolute Gasteiger partial charge is 0.439 e. The minimum Gasteiger partial charge on any atom is -0.439 e. The molecule has 1 amide bonds. The number of thiophene rings is 1. The molecule has 13 nitrogen and oxygen atoms in total. The Morgan fingerprint density at radius 1 is 1.21 bits per heavy atom. The lowest BCUT2D eigenvalue weighted by atomic mass is 9.91. The van der Waals surface area contributed by atoms with Gasteiger partial charge in [0.15, 0.2) is 17.1 Å². The molecule has 6 heterocycles. The fraction of sp³-hybridized carbons (Fsp3) is 0.407. The second kappa shape index (κ2) is 11.1. The molecule has 15 heteroatoms. The first kappa shape index (κ1) is 26.9. The highest BCUT2D eigenvalue weighted by atomic mass is 32.1. The zero-order valence-corrected chi connectivity index (χ0v) is 24.4. The molecule has 218 valence electrons. The number of quaternary nitrogens is 1. The van der Waals surface area contributed by atoms with Crippen molar-refractivity contribution in [1.29, 1.82) is 0 Å². The molecule has 7 rings (SSSR count). The van der Waals surface area contributed by atoms with Gasteiger partial charge in [0, 0.05) is 42.9 Å². The molecule has 5 aromatic rings. The molecule has 42 heavy (non-hydrogen) atoms. The van der Waals surface area contributed by atoms with Gasteiger partial charge in [-0.2, -0.15) is 4.37 Å². The molecule has 1 aliphatic carbocycles. The third-order valence-corrected chi connectivity index (χ3v) is 9.76. The number of aromatic nitrogens is 5. The van der Waals surface area contributed by atoms with Gasteiger partial charge in [-0.05, 0) is 30.4 Å². The number of anilines is 2. The Balaban J connectivity index is 1.23. The van der Waals surface area contributed by atoms with E-state index in [1.807, 2.05) is 16.3 Å². The van der Waals surface area contributed by atoms with Crippen molar-refractivity contribution in [1.82, 2.24) is 24.0 Å². The van der Waals surface area contributed by atoms with E-state index in [-0.39, 0.29) is 29.5 Å². The van der Waals surface area contributed by atoms with Crippen molar-refractivity contribution in [2.24, 2.45) is 5.73 Å². The highest BCUT2D eigenvalue weighted by Gasteiger charge is 2.28. The number of primary amides is 1. The van der Waals surface area contributed by atoms with E-state index >= 15 is 0 Å². The van der Waals surface area contributed by atoms with Gasteiger partial charge in [-0.3, -0.25) is 14.0 Å². The van der Waals surface area contributed by atoms with Crippen LogP contribution < -0.4 is 27.1 Å². The van der Waals surface area contributed by atoms with E-state index in [9.17, 15) is 9.59 Å². The van der Waals surface area contributed by atoms with Crippen LogP contribution in [0.1, 0.15) is 47.4 Å². The van der Waals surface area contributed by atoms with Crippen molar-refractivity contribution in [3.63, 3.8) is 0 Å². The average Bonchev–Trinajstić information content (AvgIpc) is 3.75. The Morgan fingerprint density at radius 3 is 2.86 bits per heavy atom. The molecule has 5 aromatic heterocycles. The number of amides is 1. The van der Waals surface area contributed by atoms with Crippen molar-refractivity contribution in [3.05, 3.63) is 51.0 Å². The summed E-state index contributed by atoms with van der Waals surface area (Å²) in [6, 6.07) is 3.89. The van der Waals surface area contributed by atoms with Gasteiger partial charge in [-0.15, -0.1) is 21.5 Å². The number of hydrogen-bond donors (Lipinski definition) is 3. The van der Waals surface area contributed by atoms with Crippen molar-refractivity contribution in [3.8, 4) is 10.4 Å². The van der Waals surface area contributed by atoms with Crippen LogP contribution in [0.3, 0.4) is 0 Å². The number of nitrogens with zero attached hydrogens (tertiary/aromatic N) is 6. The number of ether oxygens (including phenoxy) is 1. The zero-order chi connectivity index (χ0) is 28.8. The molecule has 2 fully saturated rings. The molecule has 0 radical (unpaired) electrons. The molecule has 2 atom stereocenters. The summed E-state index contributed by atoms with van der Waals surface area (Å²) in [5.74, 6) is 0.457. The quantitative estimate of drug-likeness (QED) is 0.247. The Kier molecular flexibility index (Phi) is 7.09. The van der Waals surface area contributed by atoms with Crippen LogP contribution in [0.2, 0.25) is 0 Å². The monoisotopic (exact) mass is 608 g/mol. The normalized spacial score (nSPS) is 19.5. The molecular formula is C27H30N9O4S2+. The second-order valence-corrected chi connectivity index (χ2v) is 12.3. The summed E-state index contributed by atoms with van der Waals surface area (Å²) in [5.41, 5.74) is 13.2. The SMILES string of the molecule is NC(=O)c1c(Cc2cc(-c3csc4c(=O)cc(N5CCOCC5)oc34)sn2)nc(N[C@H]2CCCC[C@H]2[NH3+])n2cnnc12.